The van der Waals surface area contributed by atoms with E-state index in [-0.39, 0.29) is 112 Å². The minimum absolute atomic E-state index is 0.00116. The molecule has 0 saturated carbocycles. The highest BCUT2D eigenvalue weighted by molar-refractivity contribution is 7.92. The number of Topliss-reactive ketones (excluding diaryl/α,β-unsaturated/α-hetero) is 4. The molecule has 3 fully saturated rings. The Kier molecular flexibility index (Phi) is 57.1. The summed E-state index contributed by atoms with van der Waals surface area (Å²) in [6.45, 7) is 127. The highest BCUT2D eigenvalue weighted by atomic mass is 32.2. The number of hydrogen-bond donors (Lipinski definition) is 4. The Hall–Kier alpha value is -5.86. The molecule has 5 rings (SSSR count). The maximum Gasteiger partial charge on any atom is 0.317 e. The third-order valence-electron chi connectivity index (χ3n) is 22.6. The molecule has 26 heteroatoms. The molecule has 5 heterocycles. The van der Waals surface area contributed by atoms with Crippen molar-refractivity contribution in [1.29, 1.82) is 0 Å². The lowest BCUT2D eigenvalue weighted by Crippen LogP contribution is -2.56. The average molecular weight is 2050 g/mol. The summed E-state index contributed by atoms with van der Waals surface area (Å²) in [6.07, 6.45) is 13.2. The lowest BCUT2D eigenvalue weighted by molar-refractivity contribution is -0.142. The van der Waals surface area contributed by atoms with Gasteiger partial charge in [0.1, 0.15) is 35.2 Å². The van der Waals surface area contributed by atoms with Crippen LogP contribution in [-0.4, -0.2) is 199 Å². The molecule has 0 bridgehead atoms. The van der Waals surface area contributed by atoms with E-state index in [4.69, 9.17) is 0 Å². The zero-order valence-electron chi connectivity index (χ0n) is 103. The molecule has 2 aromatic rings. The van der Waals surface area contributed by atoms with E-state index in [0.717, 1.165) is 96.2 Å². The fraction of sp³-hybridized carbons (Fsp3) is 0.862. The predicted molar refractivity (Wildman–Crippen MR) is 604 cm³/mol. The predicted octanol–water partition coefficient (Wildman–Crippen LogP) is 27.3. The summed E-state index contributed by atoms with van der Waals surface area (Å²) in [6, 6.07) is 2.09. The van der Waals surface area contributed by atoms with Crippen LogP contribution in [0.4, 0.5) is 10.6 Å². The Morgan fingerprint density at radius 1 is 0.415 bits per heavy atom. The van der Waals surface area contributed by atoms with Crippen LogP contribution in [-0.2, 0) is 50.3 Å². The molecule has 0 aromatic carbocycles. The van der Waals surface area contributed by atoms with Crippen LogP contribution >= 0.6 is 0 Å². The molecule has 24 nitrogen and oxygen atoms in total. The molecular weight excluding hydrogens is 1820 g/mol. The maximum atomic E-state index is 12.1. The van der Waals surface area contributed by atoms with Crippen LogP contribution in [0.2, 0.25) is 0 Å². The van der Waals surface area contributed by atoms with Crippen LogP contribution in [0.25, 0.3) is 0 Å². The van der Waals surface area contributed by atoms with Gasteiger partial charge in [-0.2, -0.15) is 0 Å². The number of carbonyl (C=O) groups is 8. The number of nitrogens with zero attached hydrogens (tertiary/aromatic N) is 8. The number of carbonyl (C=O) groups excluding carboxylic acids is 8. The molecule has 3 saturated heterocycles. The molecule has 0 unspecified atom stereocenters. The molecule has 2 aromatic heterocycles. The normalized spacial score (nSPS) is 15.6. The van der Waals surface area contributed by atoms with Crippen molar-refractivity contribution in [2.24, 2.45) is 82.2 Å². The van der Waals surface area contributed by atoms with Gasteiger partial charge in [-0.3, -0.25) is 38.5 Å². The first-order valence-electron chi connectivity index (χ1n) is 52.5. The number of piperazine rings is 1. The zero-order chi connectivity index (χ0) is 114. The Morgan fingerprint density at radius 2 is 0.796 bits per heavy atom. The Balaban J connectivity index is -0.000000493. The van der Waals surface area contributed by atoms with E-state index in [1.165, 1.54) is 6.33 Å². The number of aromatic nitrogens is 4. The Labute approximate surface area is 875 Å². The second kappa shape index (κ2) is 56.1. The van der Waals surface area contributed by atoms with Gasteiger partial charge in [-0.25, -0.2) is 46.3 Å². The van der Waals surface area contributed by atoms with Crippen molar-refractivity contribution < 1.29 is 55.2 Å². The van der Waals surface area contributed by atoms with Gasteiger partial charge in [-0.15, -0.1) is 0 Å². The zero-order valence-corrected chi connectivity index (χ0v) is 105. The molecule has 0 aliphatic carbocycles. The van der Waals surface area contributed by atoms with Gasteiger partial charge in [-0.05, 0) is 225 Å². The molecular formula is C116H226N12O12S2. The van der Waals surface area contributed by atoms with E-state index in [0.29, 0.717) is 88.8 Å². The van der Waals surface area contributed by atoms with Gasteiger partial charge in [0.15, 0.2) is 21.4 Å². The quantitative estimate of drug-likeness (QED) is 0.135. The van der Waals surface area contributed by atoms with Crippen molar-refractivity contribution in [3.05, 3.63) is 41.9 Å². The number of urea groups is 1. The highest BCUT2D eigenvalue weighted by Gasteiger charge is 2.43. The van der Waals surface area contributed by atoms with E-state index >= 15 is 0 Å². The maximum absolute atomic E-state index is 12.1. The standard InChI is InChI=1S/C15H24N2O.C15H30N2O.C14H27NO.C13H21N3O.C13H26N2O.C11H22O.C9H19NO.C9H20O2S.C9H18O.C8H19NO2S/c1-14(2,3)7-12(18)11-9-16-13(17-10-11)8-15(4,5)6;1-13(2,3)15(7)8-10-17(11-9-15)12(18)16-14(4,5)6;1-13(2,3)11-7-9-15(10-8-11)12(16)14(4,5)6;1-9(2)16-12-6-10(14-8-15-12)11(17)7-13(3,4)5;1-12(2,3)11(16)14-7-9-15(10-8-14)13(4,5)6;1-10(2,3)7-9(12)8-11(4,5)6;1-8(2,3)7(11)10-9(4,5)6;1-8(2,3)7-12(10,11)9(4,5)6;1-7(2)6-8(10)9(3,4)5;1-7(2,3)9-12(10,11)8(4,5)6/h9-10H,7-8H2,1-6H3;8-11H2,1-7H3,(H,16,18);11H,7-10H2,1-6H3;6,8-9H,7H2,1-5H3,(H,14,15,16);7-10H2,1-6H3;7-8H2,1-6H3;1-6H3,(H,10,11);7H2,1-6H3;7H,6H2,1-5H3;9H,1-6H3. The Bertz CT molecular complexity index is 4210. The van der Waals surface area contributed by atoms with E-state index in [2.05, 4.69) is 212 Å². The molecule has 142 heavy (non-hydrogen) atoms. The first-order chi connectivity index (χ1) is 62.0. The van der Waals surface area contributed by atoms with Crippen LogP contribution in [0.3, 0.4) is 0 Å². The van der Waals surface area contributed by atoms with Crippen molar-refractivity contribution in [3.63, 3.8) is 0 Å². The van der Waals surface area contributed by atoms with Crippen molar-refractivity contribution in [3.8, 4) is 0 Å². The number of piperidine rings is 2. The highest BCUT2D eigenvalue weighted by Crippen LogP contribution is 2.47. The molecule has 3 aliphatic heterocycles. The summed E-state index contributed by atoms with van der Waals surface area (Å²) >= 11 is 0. The summed E-state index contributed by atoms with van der Waals surface area (Å²) in [5, 5.41) is 9.12. The van der Waals surface area contributed by atoms with Crippen molar-refractivity contribution in [1.82, 2.24) is 54.9 Å². The molecule has 3 aliphatic rings. The summed E-state index contributed by atoms with van der Waals surface area (Å²) in [5.74, 6) is 4.62. The summed E-state index contributed by atoms with van der Waals surface area (Å²) in [7, 11) is -6.16. The summed E-state index contributed by atoms with van der Waals surface area (Å²) < 4.78 is 47.7. The van der Waals surface area contributed by atoms with Crippen molar-refractivity contribution >= 4 is 72.6 Å². The van der Waals surface area contributed by atoms with E-state index in [9.17, 15) is 55.2 Å². The second-order valence-electron chi connectivity index (χ2n) is 60.5. The van der Waals surface area contributed by atoms with Gasteiger partial charge in [0, 0.05) is 159 Å². The molecule has 0 atom stereocenters. The topological polar surface area (TPSA) is 317 Å². The molecule has 0 spiro atoms. The van der Waals surface area contributed by atoms with Gasteiger partial charge in [-0.1, -0.05) is 270 Å². The number of rotatable bonds is 13. The number of likely N-dealkylation sites (tertiary alicyclic amines) is 2. The third-order valence-corrected chi connectivity index (χ3v) is 28.2. The SMILES string of the molecule is CC(C)(C)C(=O)N1CCC(C(C)(C)C)CC1.CC(C)(C)C(=O)N1CCN(C(C)(C)C)CC1.CC(C)(C)CC(=O)CC(C)(C)C.CC(C)(C)CC(=O)c1cnc(CC(C)(C)C)nc1.CC(C)(C)CS(=O)(=O)C(C)(C)C.CC(C)(C)NC(=O)C(C)(C)C.CC(C)(C)NC(=O)N1CCC(C)(C(C)(C)C)CC1.CC(C)(C)NS(=O)(=O)C(C)(C)C.CC(C)CC(=O)C(C)(C)C.CC(C)Nc1cc(C(=O)CC(C)(C)C)ncn1. The number of ketones is 4. The minimum Gasteiger partial charge on any atom is -0.368 e. The van der Waals surface area contributed by atoms with Crippen molar-refractivity contribution in [2.45, 2.75) is 510 Å². The van der Waals surface area contributed by atoms with Crippen LogP contribution in [0, 0.1) is 82.2 Å². The summed E-state index contributed by atoms with van der Waals surface area (Å²) in [4.78, 5) is 119. The number of anilines is 1. The number of hydrogen-bond acceptors (Lipinski definition) is 18. The van der Waals surface area contributed by atoms with E-state index in [1.807, 2.05) is 215 Å². The fourth-order valence-corrected chi connectivity index (χ4v) is 16.4. The first-order valence-corrected chi connectivity index (χ1v) is 55.7. The molecule has 4 N–H and O–H groups in total. The molecule has 834 valence electrons. The van der Waals surface area contributed by atoms with Gasteiger partial charge in [0.2, 0.25) is 27.7 Å². The molecule has 5 amide bonds. The third kappa shape index (κ3) is 70.1. The molecule has 0 radical (unpaired) electrons. The Morgan fingerprint density at radius 3 is 1.06 bits per heavy atom. The van der Waals surface area contributed by atoms with Gasteiger partial charge in [0.05, 0.1) is 20.8 Å². The van der Waals surface area contributed by atoms with Crippen LogP contribution in [0.15, 0.2) is 24.8 Å². The lowest BCUT2D eigenvalue weighted by atomic mass is 9.63. The largest absolute Gasteiger partial charge is 0.368 e. The van der Waals surface area contributed by atoms with Crippen molar-refractivity contribution in [2.75, 3.05) is 63.4 Å². The van der Waals surface area contributed by atoms with Crippen LogP contribution in [0.5, 0.6) is 0 Å². The lowest BCUT2D eigenvalue weighted by Gasteiger charge is -2.48. The van der Waals surface area contributed by atoms with E-state index in [1.54, 1.807) is 60.0 Å². The number of nitrogens with one attached hydrogen (secondary N) is 4. The number of amides is 5. The minimum atomic E-state index is -3.21. The van der Waals surface area contributed by atoms with E-state index < -0.39 is 34.9 Å². The second-order valence-corrected chi connectivity index (χ2v) is 65.7. The smallest absolute Gasteiger partial charge is 0.317 e. The van der Waals surface area contributed by atoms with Gasteiger partial charge < -0.3 is 30.7 Å². The first kappa shape index (κ1) is 145. The van der Waals surface area contributed by atoms with Gasteiger partial charge in [0.25, 0.3) is 0 Å². The van der Waals surface area contributed by atoms with Gasteiger partial charge >= 0.3 is 6.03 Å². The van der Waals surface area contributed by atoms with Crippen LogP contribution < -0.4 is 20.7 Å². The average Bonchev–Trinajstić information content (AvgIpc) is 0.795. The summed E-state index contributed by atoms with van der Waals surface area (Å²) in [5.41, 5.74) is 1.05. The number of sulfone groups is 1. The number of sulfonamides is 1. The fourth-order valence-electron chi connectivity index (χ4n) is 13.7. The monoisotopic (exact) mass is 2040 g/mol. The van der Waals surface area contributed by atoms with Crippen LogP contribution in [0.1, 0.15) is 493 Å².